The van der Waals surface area contributed by atoms with E-state index >= 15 is 0 Å². The van der Waals surface area contributed by atoms with E-state index in [2.05, 4.69) is 5.32 Å². The molecule has 2 aromatic rings. The lowest BCUT2D eigenvalue weighted by molar-refractivity contribution is -0.149. The van der Waals surface area contributed by atoms with Crippen LogP contribution in [0.15, 0.2) is 54.6 Å². The van der Waals surface area contributed by atoms with Crippen molar-refractivity contribution in [3.8, 4) is 5.75 Å². The molecule has 0 bridgehead atoms. The minimum Gasteiger partial charge on any atom is -0.497 e. The van der Waals surface area contributed by atoms with Crippen molar-refractivity contribution >= 4 is 15.8 Å². The number of esters is 1. The molecule has 2 rings (SSSR count). The van der Waals surface area contributed by atoms with E-state index in [0.29, 0.717) is 32.4 Å². The Labute approximate surface area is 216 Å². The van der Waals surface area contributed by atoms with Gasteiger partial charge in [0.05, 0.1) is 24.5 Å². The molecule has 0 amide bonds. The summed E-state index contributed by atoms with van der Waals surface area (Å²) >= 11 is 0. The number of nitrogens with one attached hydrogen (secondary N) is 1. The average Bonchev–Trinajstić information content (AvgIpc) is 2.87. The van der Waals surface area contributed by atoms with Gasteiger partial charge in [-0.05, 0) is 42.5 Å². The van der Waals surface area contributed by atoms with Crippen molar-refractivity contribution in [2.24, 2.45) is 5.73 Å². The molecular formula is C28H42N2O5S. The van der Waals surface area contributed by atoms with Gasteiger partial charge in [-0.1, -0.05) is 69.2 Å². The van der Waals surface area contributed by atoms with Crippen LogP contribution in [0, 0.1) is 0 Å². The van der Waals surface area contributed by atoms with Crippen molar-refractivity contribution < 1.29 is 22.7 Å². The molecule has 0 aliphatic carbocycles. The van der Waals surface area contributed by atoms with Gasteiger partial charge in [0.2, 0.25) is 0 Å². The molecule has 0 saturated heterocycles. The highest BCUT2D eigenvalue weighted by atomic mass is 32.2. The van der Waals surface area contributed by atoms with Gasteiger partial charge in [0, 0.05) is 19.1 Å². The molecule has 0 radical (unpaired) electrons. The first-order valence-corrected chi connectivity index (χ1v) is 14.5. The second-order valence-corrected chi connectivity index (χ2v) is 11.6. The molecule has 200 valence electrons. The molecule has 0 aromatic heterocycles. The molecule has 0 heterocycles. The monoisotopic (exact) mass is 518 g/mol. The molecule has 0 fully saturated rings. The Morgan fingerprint density at radius 3 is 2.31 bits per heavy atom. The number of ether oxygens (including phenoxy) is 2. The SMILES string of the molecule is CCCC(CCC)S(=O)(=O)CCC(=O)OC(CNCc1cccc(OC)c1)C(N)Cc1ccccc1. The smallest absolute Gasteiger partial charge is 0.307 e. The van der Waals surface area contributed by atoms with Crippen LogP contribution in [-0.2, 0) is 32.3 Å². The molecule has 2 unspecified atom stereocenters. The number of benzene rings is 2. The van der Waals surface area contributed by atoms with E-state index in [-0.39, 0.29) is 12.2 Å². The van der Waals surface area contributed by atoms with Crippen LogP contribution < -0.4 is 15.8 Å². The van der Waals surface area contributed by atoms with Crippen molar-refractivity contribution in [2.45, 2.75) is 76.3 Å². The summed E-state index contributed by atoms with van der Waals surface area (Å²) in [5.41, 5.74) is 8.55. The lowest BCUT2D eigenvalue weighted by Gasteiger charge is -2.25. The van der Waals surface area contributed by atoms with Crippen LogP contribution in [0.2, 0.25) is 0 Å². The van der Waals surface area contributed by atoms with Crippen LogP contribution >= 0.6 is 0 Å². The molecule has 0 spiro atoms. The summed E-state index contributed by atoms with van der Waals surface area (Å²) in [6.07, 6.45) is 2.58. The second kappa shape index (κ2) is 15.6. The number of carbonyl (C=O) groups is 1. The van der Waals surface area contributed by atoms with E-state index in [0.717, 1.165) is 29.7 Å². The van der Waals surface area contributed by atoms with Gasteiger partial charge in [-0.15, -0.1) is 0 Å². The fraction of sp³-hybridized carbons (Fsp3) is 0.536. The van der Waals surface area contributed by atoms with Gasteiger partial charge in [0.25, 0.3) is 0 Å². The highest BCUT2D eigenvalue weighted by molar-refractivity contribution is 7.92. The fourth-order valence-electron chi connectivity index (χ4n) is 4.21. The third-order valence-electron chi connectivity index (χ3n) is 6.20. The maximum atomic E-state index is 12.8. The number of nitrogens with two attached hydrogens (primary N) is 1. The lowest BCUT2D eigenvalue weighted by atomic mass is 10.0. The van der Waals surface area contributed by atoms with Crippen LogP contribution in [0.3, 0.4) is 0 Å². The van der Waals surface area contributed by atoms with Gasteiger partial charge in [0.1, 0.15) is 11.9 Å². The van der Waals surface area contributed by atoms with Crippen LogP contribution in [0.4, 0.5) is 0 Å². The highest BCUT2D eigenvalue weighted by Crippen LogP contribution is 2.17. The Kier molecular flexibility index (Phi) is 12.9. The van der Waals surface area contributed by atoms with E-state index in [4.69, 9.17) is 15.2 Å². The van der Waals surface area contributed by atoms with Gasteiger partial charge in [-0.2, -0.15) is 0 Å². The van der Waals surface area contributed by atoms with Crippen LogP contribution in [-0.4, -0.2) is 51.2 Å². The zero-order chi connectivity index (χ0) is 26.4. The molecule has 2 aromatic carbocycles. The van der Waals surface area contributed by atoms with Crippen molar-refractivity contribution in [1.29, 1.82) is 0 Å². The van der Waals surface area contributed by atoms with Crippen molar-refractivity contribution in [1.82, 2.24) is 5.32 Å². The van der Waals surface area contributed by atoms with Gasteiger partial charge in [-0.3, -0.25) is 4.79 Å². The quantitative estimate of drug-likeness (QED) is 0.304. The van der Waals surface area contributed by atoms with E-state index in [9.17, 15) is 13.2 Å². The van der Waals surface area contributed by atoms with Crippen LogP contribution in [0.25, 0.3) is 0 Å². The predicted molar refractivity (Wildman–Crippen MR) is 145 cm³/mol. The Balaban J connectivity index is 2.01. The van der Waals surface area contributed by atoms with Gasteiger partial charge in [-0.25, -0.2) is 8.42 Å². The van der Waals surface area contributed by atoms with Gasteiger partial charge < -0.3 is 20.5 Å². The highest BCUT2D eigenvalue weighted by Gasteiger charge is 2.27. The minimum absolute atomic E-state index is 0.170. The maximum absolute atomic E-state index is 12.8. The molecule has 2 atom stereocenters. The Morgan fingerprint density at radius 1 is 1.00 bits per heavy atom. The number of methoxy groups -OCH3 is 1. The second-order valence-electron chi connectivity index (χ2n) is 9.18. The number of sulfone groups is 1. The Bertz CT molecular complexity index is 1010. The number of carbonyl (C=O) groups excluding carboxylic acids is 1. The molecule has 8 heteroatoms. The largest absolute Gasteiger partial charge is 0.497 e. The predicted octanol–water partition coefficient (Wildman–Crippen LogP) is 4.04. The molecule has 36 heavy (non-hydrogen) atoms. The summed E-state index contributed by atoms with van der Waals surface area (Å²) in [5, 5.41) is 2.92. The lowest BCUT2D eigenvalue weighted by Crippen LogP contribution is -2.46. The number of rotatable bonds is 17. The van der Waals surface area contributed by atoms with Crippen molar-refractivity contribution in [3.63, 3.8) is 0 Å². The van der Waals surface area contributed by atoms with Gasteiger partial charge >= 0.3 is 5.97 Å². The van der Waals surface area contributed by atoms with Crippen LogP contribution in [0.5, 0.6) is 5.75 Å². The third kappa shape index (κ3) is 10.3. The number of hydrogen-bond acceptors (Lipinski definition) is 7. The Morgan fingerprint density at radius 2 is 1.67 bits per heavy atom. The summed E-state index contributed by atoms with van der Waals surface area (Å²) in [6.45, 7) is 4.85. The molecule has 0 aliphatic heterocycles. The summed E-state index contributed by atoms with van der Waals surface area (Å²) in [5.74, 6) is 0.0275. The minimum atomic E-state index is -3.37. The molecular weight excluding hydrogens is 476 g/mol. The topological polar surface area (TPSA) is 108 Å². The molecule has 0 aliphatic rings. The van der Waals surface area contributed by atoms with E-state index in [1.807, 2.05) is 68.4 Å². The summed E-state index contributed by atoms with van der Waals surface area (Å²) < 4.78 is 36.6. The Hall–Kier alpha value is -2.42. The fourth-order valence-corrected chi connectivity index (χ4v) is 6.18. The third-order valence-corrected chi connectivity index (χ3v) is 8.46. The zero-order valence-electron chi connectivity index (χ0n) is 21.8. The standard InChI is InChI=1S/C28H42N2O5S/c1-4-10-25(11-5-2)36(32,33)17-16-28(31)35-27(26(29)19-22-12-7-6-8-13-22)21-30-20-23-14-9-15-24(18-23)34-3/h6-9,12-15,18,25-27,30H,4-5,10-11,16-17,19-21,29H2,1-3H3. The normalized spacial score (nSPS) is 13.4. The molecule has 7 nitrogen and oxygen atoms in total. The first-order valence-electron chi connectivity index (χ1n) is 12.8. The first-order chi connectivity index (χ1) is 17.3. The molecule has 3 N–H and O–H groups in total. The van der Waals surface area contributed by atoms with E-state index < -0.39 is 33.2 Å². The summed E-state index contributed by atoms with van der Waals surface area (Å²) in [6, 6.07) is 17.1. The van der Waals surface area contributed by atoms with Crippen molar-refractivity contribution in [2.75, 3.05) is 19.4 Å². The van der Waals surface area contributed by atoms with E-state index in [1.165, 1.54) is 0 Å². The summed E-state index contributed by atoms with van der Waals surface area (Å²) in [7, 11) is -1.74. The van der Waals surface area contributed by atoms with Crippen molar-refractivity contribution in [3.05, 3.63) is 65.7 Å². The zero-order valence-corrected chi connectivity index (χ0v) is 22.6. The van der Waals surface area contributed by atoms with Gasteiger partial charge in [0.15, 0.2) is 9.84 Å². The number of hydrogen-bond donors (Lipinski definition) is 2. The summed E-state index contributed by atoms with van der Waals surface area (Å²) in [4.78, 5) is 12.7. The van der Waals surface area contributed by atoms with Crippen LogP contribution in [0.1, 0.15) is 57.1 Å². The van der Waals surface area contributed by atoms with E-state index in [1.54, 1.807) is 7.11 Å². The average molecular weight is 519 g/mol. The molecule has 0 saturated carbocycles. The first kappa shape index (κ1) is 29.8. The maximum Gasteiger partial charge on any atom is 0.307 e.